The fourth-order valence-electron chi connectivity index (χ4n) is 2.09. The van der Waals surface area contributed by atoms with E-state index in [9.17, 15) is 8.42 Å². The van der Waals surface area contributed by atoms with Gasteiger partial charge in [0.25, 0.3) is 0 Å². The first-order valence-electron chi connectivity index (χ1n) is 6.00. The van der Waals surface area contributed by atoms with Crippen LogP contribution >= 0.6 is 11.6 Å². The van der Waals surface area contributed by atoms with Crippen molar-refractivity contribution >= 4 is 21.4 Å². The molecule has 16 heavy (non-hydrogen) atoms. The minimum atomic E-state index is -2.79. The van der Waals surface area contributed by atoms with Gasteiger partial charge < -0.3 is 5.32 Å². The van der Waals surface area contributed by atoms with Crippen LogP contribution in [0.25, 0.3) is 0 Å². The summed E-state index contributed by atoms with van der Waals surface area (Å²) in [7, 11) is -2.79. The third-order valence-corrected chi connectivity index (χ3v) is 4.54. The molecule has 1 saturated carbocycles. The predicted molar refractivity (Wildman–Crippen MR) is 68.8 cm³/mol. The van der Waals surface area contributed by atoms with E-state index in [4.69, 9.17) is 11.6 Å². The molecular weight excluding hydrogens is 246 g/mol. The van der Waals surface area contributed by atoms with E-state index in [1.165, 1.54) is 19.1 Å². The van der Waals surface area contributed by atoms with Crippen LogP contribution in [0.5, 0.6) is 0 Å². The van der Waals surface area contributed by atoms with E-state index >= 15 is 0 Å². The standard InChI is InChI=1S/C11H22ClNO2S/c1-16(14,15)8-2-7-13-9-10-3-5-11(12)6-4-10/h10-11,13H,2-9H2,1H3. The van der Waals surface area contributed by atoms with Crippen LogP contribution in [0.2, 0.25) is 0 Å². The average Bonchev–Trinajstić information content (AvgIpc) is 2.19. The van der Waals surface area contributed by atoms with Crippen LogP contribution in [0.1, 0.15) is 32.1 Å². The molecule has 3 nitrogen and oxygen atoms in total. The summed E-state index contributed by atoms with van der Waals surface area (Å²) in [6, 6.07) is 0. The van der Waals surface area contributed by atoms with Gasteiger partial charge in [-0.15, -0.1) is 11.6 Å². The lowest BCUT2D eigenvalue weighted by molar-refractivity contribution is 0.346. The third-order valence-electron chi connectivity index (χ3n) is 3.08. The summed E-state index contributed by atoms with van der Waals surface area (Å²) in [4.78, 5) is 0. The Balaban J connectivity index is 1.99. The van der Waals surface area contributed by atoms with Gasteiger partial charge in [-0.3, -0.25) is 0 Å². The van der Waals surface area contributed by atoms with Crippen molar-refractivity contribution < 1.29 is 8.42 Å². The summed E-state index contributed by atoms with van der Waals surface area (Å²) in [5.74, 6) is 1.02. The largest absolute Gasteiger partial charge is 0.316 e. The fraction of sp³-hybridized carbons (Fsp3) is 1.00. The normalized spacial score (nSPS) is 26.9. The predicted octanol–water partition coefficient (Wildman–Crippen LogP) is 1.81. The Bertz CT molecular complexity index is 284. The molecule has 0 radical (unpaired) electrons. The molecule has 0 aliphatic heterocycles. The molecule has 0 aromatic carbocycles. The summed E-state index contributed by atoms with van der Waals surface area (Å²) >= 11 is 6.03. The van der Waals surface area contributed by atoms with E-state index in [1.807, 2.05) is 0 Å². The molecule has 1 fully saturated rings. The molecule has 0 saturated heterocycles. The number of hydrogen-bond donors (Lipinski definition) is 1. The van der Waals surface area contributed by atoms with E-state index < -0.39 is 9.84 Å². The Kier molecular flexibility index (Phi) is 6.08. The van der Waals surface area contributed by atoms with Crippen LogP contribution in [0.4, 0.5) is 0 Å². The molecule has 1 N–H and O–H groups in total. The van der Waals surface area contributed by atoms with Gasteiger partial charge in [-0.25, -0.2) is 8.42 Å². The fourth-order valence-corrected chi connectivity index (χ4v) is 3.01. The topological polar surface area (TPSA) is 46.2 Å². The highest BCUT2D eigenvalue weighted by molar-refractivity contribution is 7.90. The van der Waals surface area contributed by atoms with E-state index in [2.05, 4.69) is 5.32 Å². The summed E-state index contributed by atoms with van der Waals surface area (Å²) in [6.07, 6.45) is 6.65. The molecule has 0 amide bonds. The lowest BCUT2D eigenvalue weighted by Gasteiger charge is -2.25. The zero-order valence-electron chi connectivity index (χ0n) is 9.91. The van der Waals surface area contributed by atoms with Crippen LogP contribution in [-0.2, 0) is 9.84 Å². The first-order valence-corrected chi connectivity index (χ1v) is 8.49. The van der Waals surface area contributed by atoms with Gasteiger partial charge in [0.05, 0.1) is 5.75 Å². The zero-order valence-corrected chi connectivity index (χ0v) is 11.5. The minimum Gasteiger partial charge on any atom is -0.316 e. The SMILES string of the molecule is CS(=O)(=O)CCCNCC1CCC(Cl)CC1. The molecule has 1 aliphatic carbocycles. The van der Waals surface area contributed by atoms with Crippen LogP contribution in [0.15, 0.2) is 0 Å². The molecule has 1 rings (SSSR count). The molecule has 0 aromatic rings. The van der Waals surface area contributed by atoms with Crippen molar-refractivity contribution in [1.82, 2.24) is 5.32 Å². The van der Waals surface area contributed by atoms with Crippen molar-refractivity contribution in [2.45, 2.75) is 37.5 Å². The van der Waals surface area contributed by atoms with Gasteiger partial charge in [-0.1, -0.05) is 0 Å². The quantitative estimate of drug-likeness (QED) is 0.590. The number of alkyl halides is 1. The van der Waals surface area contributed by atoms with E-state index in [1.54, 1.807) is 0 Å². The maximum absolute atomic E-state index is 10.9. The number of nitrogens with one attached hydrogen (secondary N) is 1. The first-order chi connectivity index (χ1) is 7.47. The zero-order chi connectivity index (χ0) is 12.0. The second-order valence-corrected chi connectivity index (χ2v) is 7.68. The lowest BCUT2D eigenvalue weighted by atomic mass is 9.89. The molecule has 5 heteroatoms. The van der Waals surface area contributed by atoms with Crippen molar-refractivity contribution in [3.05, 3.63) is 0 Å². The molecule has 0 unspecified atom stereocenters. The first kappa shape index (κ1) is 14.3. The molecular formula is C11H22ClNO2S. The molecule has 0 atom stereocenters. The van der Waals surface area contributed by atoms with Crippen molar-refractivity contribution in [2.24, 2.45) is 5.92 Å². The third kappa shape index (κ3) is 6.71. The highest BCUT2D eigenvalue weighted by Gasteiger charge is 2.18. The number of hydrogen-bond acceptors (Lipinski definition) is 3. The minimum absolute atomic E-state index is 0.286. The smallest absolute Gasteiger partial charge is 0.147 e. The second-order valence-electron chi connectivity index (χ2n) is 4.81. The average molecular weight is 268 g/mol. The molecule has 1 aliphatic rings. The van der Waals surface area contributed by atoms with Crippen molar-refractivity contribution in [2.75, 3.05) is 25.1 Å². The van der Waals surface area contributed by atoms with Gasteiger partial charge in [0, 0.05) is 11.6 Å². The van der Waals surface area contributed by atoms with Crippen molar-refractivity contribution in [1.29, 1.82) is 0 Å². The Hall–Kier alpha value is 0.200. The Labute approximate surface area is 104 Å². The molecule has 0 aromatic heterocycles. The second kappa shape index (κ2) is 6.82. The van der Waals surface area contributed by atoms with Crippen LogP contribution < -0.4 is 5.32 Å². The highest BCUT2D eigenvalue weighted by Crippen LogP contribution is 2.26. The Morgan fingerprint density at radius 1 is 1.25 bits per heavy atom. The van der Waals surface area contributed by atoms with Crippen molar-refractivity contribution in [3.8, 4) is 0 Å². The monoisotopic (exact) mass is 267 g/mol. The maximum atomic E-state index is 10.9. The highest BCUT2D eigenvalue weighted by atomic mass is 35.5. The Morgan fingerprint density at radius 3 is 2.44 bits per heavy atom. The molecule has 0 heterocycles. The van der Waals surface area contributed by atoms with Gasteiger partial charge in [0.2, 0.25) is 0 Å². The number of sulfone groups is 1. The van der Waals surface area contributed by atoms with Gasteiger partial charge in [-0.05, 0) is 51.1 Å². The van der Waals surface area contributed by atoms with E-state index in [0.29, 0.717) is 11.8 Å². The molecule has 96 valence electrons. The number of rotatable bonds is 6. The van der Waals surface area contributed by atoms with E-state index in [-0.39, 0.29) is 5.75 Å². The lowest BCUT2D eigenvalue weighted by Crippen LogP contribution is -2.28. The summed E-state index contributed by atoms with van der Waals surface area (Å²) in [5.41, 5.74) is 0. The summed E-state index contributed by atoms with van der Waals surface area (Å²) < 4.78 is 21.8. The van der Waals surface area contributed by atoms with Crippen LogP contribution in [0, 0.1) is 5.92 Å². The number of halogens is 1. The van der Waals surface area contributed by atoms with E-state index in [0.717, 1.165) is 31.8 Å². The van der Waals surface area contributed by atoms with Crippen LogP contribution in [-0.4, -0.2) is 38.9 Å². The van der Waals surface area contributed by atoms with Gasteiger partial charge >= 0.3 is 0 Å². The van der Waals surface area contributed by atoms with Gasteiger partial charge in [0.1, 0.15) is 9.84 Å². The Morgan fingerprint density at radius 2 is 1.88 bits per heavy atom. The molecule has 0 bridgehead atoms. The van der Waals surface area contributed by atoms with Crippen molar-refractivity contribution in [3.63, 3.8) is 0 Å². The van der Waals surface area contributed by atoms with Crippen LogP contribution in [0.3, 0.4) is 0 Å². The maximum Gasteiger partial charge on any atom is 0.147 e. The summed E-state index contributed by atoms with van der Waals surface area (Å²) in [5, 5.41) is 3.71. The summed E-state index contributed by atoms with van der Waals surface area (Å²) in [6.45, 7) is 1.81. The van der Waals surface area contributed by atoms with Gasteiger partial charge in [0.15, 0.2) is 0 Å². The van der Waals surface area contributed by atoms with Gasteiger partial charge in [-0.2, -0.15) is 0 Å². The molecule has 0 spiro atoms.